The summed E-state index contributed by atoms with van der Waals surface area (Å²) in [5.41, 5.74) is 1.19. The first-order chi connectivity index (χ1) is 18.2. The summed E-state index contributed by atoms with van der Waals surface area (Å²) in [4.78, 5) is 28.6. The van der Waals surface area contributed by atoms with Crippen LogP contribution < -0.4 is 19.4 Å². The minimum atomic E-state index is -4.20. The van der Waals surface area contributed by atoms with Gasteiger partial charge in [0, 0.05) is 50.1 Å². The van der Waals surface area contributed by atoms with E-state index < -0.39 is 15.9 Å². The molecular weight excluding hydrogens is 500 g/mol. The van der Waals surface area contributed by atoms with E-state index in [9.17, 15) is 13.2 Å². The predicted octanol–water partition coefficient (Wildman–Crippen LogP) is 3.55. The lowest BCUT2D eigenvalue weighted by Gasteiger charge is -2.36. The van der Waals surface area contributed by atoms with Gasteiger partial charge in [0.2, 0.25) is 0 Å². The lowest BCUT2D eigenvalue weighted by Crippen LogP contribution is -2.47. The zero-order chi connectivity index (χ0) is 26.9. The molecule has 2 fully saturated rings. The summed E-state index contributed by atoms with van der Waals surface area (Å²) < 4.78 is 28.7. The lowest BCUT2D eigenvalue weighted by molar-refractivity contribution is 0.0981. The summed E-state index contributed by atoms with van der Waals surface area (Å²) in [7, 11) is -4.20. The maximum Gasteiger partial charge on any atom is 0.281 e. The third kappa shape index (κ3) is 5.05. The molecule has 5 rings (SSSR count). The van der Waals surface area contributed by atoms with Crippen LogP contribution in [0, 0.1) is 5.92 Å². The third-order valence-corrected chi connectivity index (χ3v) is 9.14. The minimum absolute atomic E-state index is 0.186. The van der Waals surface area contributed by atoms with Crippen molar-refractivity contribution in [2.45, 2.75) is 37.8 Å². The van der Waals surface area contributed by atoms with E-state index in [1.54, 1.807) is 30.5 Å². The highest BCUT2D eigenvalue weighted by atomic mass is 32.2. The van der Waals surface area contributed by atoms with Crippen LogP contribution in [0.1, 0.15) is 37.6 Å². The Morgan fingerprint density at radius 2 is 1.63 bits per heavy atom. The van der Waals surface area contributed by atoms with Gasteiger partial charge in [0.15, 0.2) is 5.03 Å². The van der Waals surface area contributed by atoms with E-state index >= 15 is 0 Å². The molecule has 1 amide bonds. The topological polar surface area (TPSA) is 98.7 Å². The molecule has 0 radical (unpaired) electrons. The average Bonchev–Trinajstić information content (AvgIpc) is 3.20. The second kappa shape index (κ2) is 10.2. The standard InChI is InChI=1S/C28H34N6O3S/c1-21-14-16-34(28(21,2)3)26-23(11-8-15-29-26)27(35)31-38(36,37)25-13-7-12-24(30-25)33-19-17-32(18-20-33)22-9-5-4-6-10-22/h4-13,15,21H,14,16-20H2,1-3H3,(H,31,35). The number of aromatic nitrogens is 2. The van der Waals surface area contributed by atoms with Crippen LogP contribution in [0.2, 0.25) is 0 Å². The van der Waals surface area contributed by atoms with E-state index in [0.717, 1.165) is 26.1 Å². The second-order valence-corrected chi connectivity index (χ2v) is 12.1. The number of carbonyl (C=O) groups excluding carboxylic acids is 1. The van der Waals surface area contributed by atoms with Crippen molar-refractivity contribution in [1.29, 1.82) is 0 Å². The fourth-order valence-electron chi connectivity index (χ4n) is 5.19. The molecule has 2 aliphatic heterocycles. The quantitative estimate of drug-likeness (QED) is 0.513. The number of amides is 1. The molecule has 0 spiro atoms. The van der Waals surface area contributed by atoms with Gasteiger partial charge in [0.25, 0.3) is 15.9 Å². The van der Waals surface area contributed by atoms with Gasteiger partial charge in [0.1, 0.15) is 11.6 Å². The highest BCUT2D eigenvalue weighted by Crippen LogP contribution is 2.38. The van der Waals surface area contributed by atoms with Crippen molar-refractivity contribution in [1.82, 2.24) is 14.7 Å². The summed E-state index contributed by atoms with van der Waals surface area (Å²) in [5.74, 6) is 0.758. The molecule has 9 nitrogen and oxygen atoms in total. The van der Waals surface area contributed by atoms with Crippen LogP contribution in [0.4, 0.5) is 17.3 Å². The van der Waals surface area contributed by atoms with Crippen LogP contribution in [0.5, 0.6) is 0 Å². The summed E-state index contributed by atoms with van der Waals surface area (Å²) in [5, 5.41) is -0.186. The molecule has 2 aliphatic rings. The first-order valence-corrected chi connectivity index (χ1v) is 14.5. The number of hydrogen-bond acceptors (Lipinski definition) is 8. The molecule has 10 heteroatoms. The summed E-state index contributed by atoms with van der Waals surface area (Å²) in [6, 6.07) is 18.3. The smallest absolute Gasteiger partial charge is 0.281 e. The van der Waals surface area contributed by atoms with E-state index in [1.807, 2.05) is 18.2 Å². The van der Waals surface area contributed by atoms with Crippen LogP contribution in [0.15, 0.2) is 71.9 Å². The van der Waals surface area contributed by atoms with Crippen LogP contribution >= 0.6 is 0 Å². The number of nitrogens with one attached hydrogen (secondary N) is 1. The minimum Gasteiger partial charge on any atom is -0.368 e. The SMILES string of the molecule is CC1CCN(c2ncccc2C(=O)NS(=O)(=O)c2cccc(N3CCN(c4ccccc4)CC3)n2)C1(C)C. The molecule has 1 atom stereocenters. The molecule has 0 bridgehead atoms. The Morgan fingerprint density at radius 1 is 0.921 bits per heavy atom. The molecule has 0 saturated carbocycles. The Kier molecular flexibility index (Phi) is 7.00. The van der Waals surface area contributed by atoms with Gasteiger partial charge in [0.05, 0.1) is 5.56 Å². The molecule has 2 aromatic heterocycles. The molecule has 1 aromatic carbocycles. The van der Waals surface area contributed by atoms with Gasteiger partial charge >= 0.3 is 0 Å². The second-order valence-electron chi connectivity index (χ2n) is 10.4. The number of hydrogen-bond donors (Lipinski definition) is 1. The van der Waals surface area contributed by atoms with E-state index in [0.29, 0.717) is 30.6 Å². The molecule has 1 unspecified atom stereocenters. The first-order valence-electron chi connectivity index (χ1n) is 13.0. The van der Waals surface area contributed by atoms with E-state index in [2.05, 4.69) is 62.3 Å². The number of piperazine rings is 1. The Balaban J connectivity index is 1.31. The zero-order valence-electron chi connectivity index (χ0n) is 22.0. The van der Waals surface area contributed by atoms with Crippen molar-refractivity contribution in [2.24, 2.45) is 5.92 Å². The van der Waals surface area contributed by atoms with Gasteiger partial charge in [-0.05, 0) is 62.6 Å². The Bertz CT molecular complexity index is 1400. The van der Waals surface area contributed by atoms with E-state index in [4.69, 9.17) is 0 Å². The third-order valence-electron chi connectivity index (χ3n) is 7.91. The van der Waals surface area contributed by atoms with Crippen molar-refractivity contribution in [3.8, 4) is 0 Å². The number of carbonyl (C=O) groups is 1. The monoisotopic (exact) mass is 534 g/mol. The molecule has 0 aliphatic carbocycles. The van der Waals surface area contributed by atoms with Crippen LogP contribution in [0.3, 0.4) is 0 Å². The molecule has 200 valence electrons. The van der Waals surface area contributed by atoms with Crippen LogP contribution in [-0.4, -0.2) is 62.6 Å². The number of rotatable bonds is 6. The number of sulfonamides is 1. The van der Waals surface area contributed by atoms with E-state index in [1.165, 1.54) is 11.8 Å². The normalized spacial score (nSPS) is 19.4. The summed E-state index contributed by atoms with van der Waals surface area (Å²) >= 11 is 0. The Labute approximate surface area is 224 Å². The summed E-state index contributed by atoms with van der Waals surface area (Å²) in [6.07, 6.45) is 2.60. The van der Waals surface area contributed by atoms with E-state index in [-0.39, 0.29) is 16.1 Å². The van der Waals surface area contributed by atoms with Gasteiger partial charge in [-0.1, -0.05) is 31.2 Å². The zero-order valence-corrected chi connectivity index (χ0v) is 22.9. The van der Waals surface area contributed by atoms with Gasteiger partial charge < -0.3 is 14.7 Å². The first kappa shape index (κ1) is 26.0. The number of nitrogens with zero attached hydrogens (tertiary/aromatic N) is 5. The van der Waals surface area contributed by atoms with Crippen LogP contribution in [-0.2, 0) is 10.0 Å². The molecule has 1 N–H and O–H groups in total. The number of pyridine rings is 2. The molecule has 3 aromatic rings. The van der Waals surface area contributed by atoms with Crippen molar-refractivity contribution in [3.63, 3.8) is 0 Å². The van der Waals surface area contributed by atoms with Crippen LogP contribution in [0.25, 0.3) is 0 Å². The average molecular weight is 535 g/mol. The fourth-order valence-corrected chi connectivity index (χ4v) is 6.12. The van der Waals surface area contributed by atoms with Crippen molar-refractivity contribution in [2.75, 3.05) is 47.4 Å². The van der Waals surface area contributed by atoms with Crippen molar-refractivity contribution in [3.05, 3.63) is 72.4 Å². The maximum atomic E-state index is 13.3. The number of anilines is 3. The highest BCUT2D eigenvalue weighted by molar-refractivity contribution is 7.90. The maximum absolute atomic E-state index is 13.3. The van der Waals surface area contributed by atoms with Gasteiger partial charge in [-0.25, -0.2) is 14.7 Å². The Hall–Kier alpha value is -3.66. The van der Waals surface area contributed by atoms with Gasteiger partial charge in [-0.3, -0.25) is 4.79 Å². The van der Waals surface area contributed by atoms with Crippen molar-refractivity contribution < 1.29 is 13.2 Å². The summed E-state index contributed by atoms with van der Waals surface area (Å²) in [6.45, 7) is 10.2. The van der Waals surface area contributed by atoms with Gasteiger partial charge in [-0.2, -0.15) is 8.42 Å². The largest absolute Gasteiger partial charge is 0.368 e. The van der Waals surface area contributed by atoms with Gasteiger partial charge in [-0.15, -0.1) is 0 Å². The molecular formula is C28H34N6O3S. The lowest BCUT2D eigenvalue weighted by atomic mass is 9.90. The predicted molar refractivity (Wildman–Crippen MR) is 149 cm³/mol. The number of benzene rings is 1. The highest BCUT2D eigenvalue weighted by Gasteiger charge is 2.40. The van der Waals surface area contributed by atoms with Crippen molar-refractivity contribution >= 4 is 33.3 Å². The fraction of sp³-hybridized carbons (Fsp3) is 0.393. The number of para-hydroxylation sites is 1. The molecule has 2 saturated heterocycles. The Morgan fingerprint density at radius 3 is 2.32 bits per heavy atom. The molecule has 38 heavy (non-hydrogen) atoms. The molecule has 4 heterocycles.